The highest BCUT2D eigenvalue weighted by molar-refractivity contribution is 6.30. The molecule has 5 rings (SSSR count). The van der Waals surface area contributed by atoms with Crippen molar-refractivity contribution >= 4 is 28.9 Å². The molecule has 3 aromatic rings. The van der Waals surface area contributed by atoms with Crippen LogP contribution < -0.4 is 9.80 Å². The Morgan fingerprint density at radius 3 is 2.34 bits per heavy atom. The molecule has 3 aromatic carbocycles. The van der Waals surface area contributed by atoms with Crippen molar-refractivity contribution in [3.63, 3.8) is 0 Å². The summed E-state index contributed by atoms with van der Waals surface area (Å²) in [6.45, 7) is 9.05. The van der Waals surface area contributed by atoms with Crippen molar-refractivity contribution in [3.8, 4) is 6.07 Å². The average Bonchev–Trinajstić information content (AvgIpc) is 2.94. The molecule has 0 bridgehead atoms. The summed E-state index contributed by atoms with van der Waals surface area (Å²) < 4.78 is 0. The zero-order valence-corrected chi connectivity index (χ0v) is 23.0. The van der Waals surface area contributed by atoms with E-state index in [1.165, 1.54) is 16.8 Å². The second-order valence-corrected chi connectivity index (χ2v) is 11.1. The van der Waals surface area contributed by atoms with Crippen molar-refractivity contribution in [2.24, 2.45) is 5.92 Å². The van der Waals surface area contributed by atoms with E-state index in [9.17, 15) is 10.1 Å². The van der Waals surface area contributed by atoms with E-state index in [2.05, 4.69) is 41.0 Å². The van der Waals surface area contributed by atoms with Crippen LogP contribution >= 0.6 is 11.6 Å². The molecule has 2 heterocycles. The molecule has 0 radical (unpaired) electrons. The van der Waals surface area contributed by atoms with E-state index in [0.717, 1.165) is 67.3 Å². The molecule has 0 saturated carbocycles. The van der Waals surface area contributed by atoms with Gasteiger partial charge in [-0.3, -0.25) is 4.79 Å². The zero-order chi connectivity index (χ0) is 26.6. The number of carbonyl (C=O) groups is 1. The predicted molar refractivity (Wildman–Crippen MR) is 155 cm³/mol. The van der Waals surface area contributed by atoms with Crippen LogP contribution in [0.1, 0.15) is 45.5 Å². The van der Waals surface area contributed by atoms with E-state index in [1.54, 1.807) is 0 Å². The molecule has 0 aliphatic carbocycles. The first-order chi connectivity index (χ1) is 18.4. The number of piperazine rings is 1. The Morgan fingerprint density at radius 2 is 1.63 bits per heavy atom. The maximum atomic E-state index is 13.6. The zero-order valence-electron chi connectivity index (χ0n) is 22.3. The first-order valence-corrected chi connectivity index (χ1v) is 13.9. The number of benzene rings is 3. The van der Waals surface area contributed by atoms with Gasteiger partial charge in [0.1, 0.15) is 6.07 Å². The Kier molecular flexibility index (Phi) is 7.90. The number of para-hydroxylation sites is 1. The van der Waals surface area contributed by atoms with Gasteiger partial charge in [0.2, 0.25) is 0 Å². The molecule has 0 N–H and O–H groups in total. The maximum Gasteiger partial charge on any atom is 0.254 e. The van der Waals surface area contributed by atoms with Gasteiger partial charge in [-0.05, 0) is 92.1 Å². The topological polar surface area (TPSA) is 50.6 Å². The van der Waals surface area contributed by atoms with Gasteiger partial charge in [0, 0.05) is 55.5 Å². The lowest BCUT2D eigenvalue weighted by Gasteiger charge is -2.37. The van der Waals surface area contributed by atoms with Crippen molar-refractivity contribution in [3.05, 3.63) is 93.5 Å². The molecule has 196 valence electrons. The number of carbonyl (C=O) groups excluding carboxylic acids is 1. The second kappa shape index (κ2) is 11.5. The van der Waals surface area contributed by atoms with Gasteiger partial charge in [0.25, 0.3) is 5.91 Å². The largest absolute Gasteiger partial charge is 0.371 e. The first-order valence-electron chi connectivity index (χ1n) is 13.6. The molecule has 6 heteroatoms. The molecule has 38 heavy (non-hydrogen) atoms. The van der Waals surface area contributed by atoms with Crippen molar-refractivity contribution in [1.82, 2.24) is 4.90 Å². The molecule has 1 amide bonds. The summed E-state index contributed by atoms with van der Waals surface area (Å²) in [7, 11) is 0. The van der Waals surface area contributed by atoms with Crippen LogP contribution in [0.4, 0.5) is 11.4 Å². The molecular formula is C32H35ClN4O. The van der Waals surface area contributed by atoms with Gasteiger partial charge in [-0.25, -0.2) is 0 Å². The van der Waals surface area contributed by atoms with Gasteiger partial charge in [-0.2, -0.15) is 5.26 Å². The smallest absolute Gasteiger partial charge is 0.254 e. The molecular weight excluding hydrogens is 492 g/mol. The summed E-state index contributed by atoms with van der Waals surface area (Å²) in [6, 6.07) is 22.5. The third kappa shape index (κ3) is 5.66. The highest BCUT2D eigenvalue weighted by Gasteiger charge is 2.26. The summed E-state index contributed by atoms with van der Waals surface area (Å²) in [6.07, 6.45) is 3.28. The van der Waals surface area contributed by atoms with Crippen LogP contribution in [0.5, 0.6) is 0 Å². The van der Waals surface area contributed by atoms with Gasteiger partial charge in [0.15, 0.2) is 0 Å². The molecule has 0 spiro atoms. The van der Waals surface area contributed by atoms with E-state index < -0.39 is 0 Å². The Morgan fingerprint density at radius 1 is 0.895 bits per heavy atom. The van der Waals surface area contributed by atoms with Crippen LogP contribution in [0.3, 0.4) is 0 Å². The van der Waals surface area contributed by atoms with Crippen LogP contribution in [-0.4, -0.2) is 50.1 Å². The minimum absolute atomic E-state index is 0.118. The Bertz CT molecular complexity index is 1350. The molecule has 5 nitrogen and oxygen atoms in total. The molecule has 2 saturated heterocycles. The third-order valence-corrected chi connectivity index (χ3v) is 8.38. The van der Waals surface area contributed by atoms with Crippen LogP contribution in [0.25, 0.3) is 0 Å². The Balaban J connectivity index is 1.22. The quantitative estimate of drug-likeness (QED) is 0.394. The van der Waals surface area contributed by atoms with Crippen molar-refractivity contribution in [1.29, 1.82) is 5.26 Å². The van der Waals surface area contributed by atoms with Gasteiger partial charge < -0.3 is 14.7 Å². The number of rotatable bonds is 5. The van der Waals surface area contributed by atoms with E-state index in [1.807, 2.05) is 54.3 Å². The maximum absolute atomic E-state index is 13.6. The normalized spacial score (nSPS) is 16.4. The van der Waals surface area contributed by atoms with Gasteiger partial charge >= 0.3 is 0 Å². The van der Waals surface area contributed by atoms with Crippen molar-refractivity contribution in [2.75, 3.05) is 49.1 Å². The lowest BCUT2D eigenvalue weighted by molar-refractivity contribution is 0.0746. The number of amides is 1. The predicted octanol–water partition coefficient (Wildman–Crippen LogP) is 6.25. The second-order valence-electron chi connectivity index (χ2n) is 10.6. The lowest BCUT2D eigenvalue weighted by Crippen LogP contribution is -2.49. The number of nitriles is 1. The fourth-order valence-electron chi connectivity index (χ4n) is 5.89. The summed E-state index contributed by atoms with van der Waals surface area (Å²) in [5.41, 5.74) is 7.28. The minimum atomic E-state index is 0.118. The van der Waals surface area contributed by atoms with Gasteiger partial charge in [0.05, 0.1) is 11.3 Å². The van der Waals surface area contributed by atoms with E-state index in [-0.39, 0.29) is 5.91 Å². The van der Waals surface area contributed by atoms with E-state index in [4.69, 9.17) is 11.6 Å². The fraction of sp³-hybridized carbons (Fsp3) is 0.375. The Hall–Kier alpha value is -3.49. The number of hydrogen-bond acceptors (Lipinski definition) is 4. The van der Waals surface area contributed by atoms with Gasteiger partial charge in [-0.1, -0.05) is 35.9 Å². The summed E-state index contributed by atoms with van der Waals surface area (Å²) >= 11 is 6.20. The first kappa shape index (κ1) is 26.1. The summed E-state index contributed by atoms with van der Waals surface area (Å²) in [5, 5.41) is 10.2. The number of anilines is 2. The highest BCUT2D eigenvalue weighted by atomic mass is 35.5. The number of hydrogen-bond donors (Lipinski definition) is 0. The number of halogens is 1. The molecule has 2 aliphatic heterocycles. The van der Waals surface area contributed by atoms with Crippen LogP contribution in [0, 0.1) is 31.1 Å². The monoisotopic (exact) mass is 526 g/mol. The van der Waals surface area contributed by atoms with E-state index >= 15 is 0 Å². The average molecular weight is 527 g/mol. The number of aryl methyl sites for hydroxylation is 2. The standard InChI is InChI=1S/C32H35ClN4O/c1-23-18-24(2)30(32(38)37-16-14-36(15-17-37)31-9-4-3-6-26(31)22-34)20-27(23)19-25-10-12-35(13-11-25)29-8-5-7-28(33)21-29/h3-9,18,20-21,25H,10-17,19H2,1-2H3. The molecule has 2 fully saturated rings. The number of piperidine rings is 1. The molecule has 0 unspecified atom stereocenters. The highest BCUT2D eigenvalue weighted by Crippen LogP contribution is 2.29. The van der Waals surface area contributed by atoms with Crippen LogP contribution in [-0.2, 0) is 6.42 Å². The summed E-state index contributed by atoms with van der Waals surface area (Å²) in [4.78, 5) is 20.2. The minimum Gasteiger partial charge on any atom is -0.371 e. The van der Waals surface area contributed by atoms with Crippen LogP contribution in [0.2, 0.25) is 5.02 Å². The molecule has 0 aromatic heterocycles. The summed E-state index contributed by atoms with van der Waals surface area (Å²) in [5.74, 6) is 0.728. The van der Waals surface area contributed by atoms with E-state index in [0.29, 0.717) is 24.6 Å². The van der Waals surface area contributed by atoms with Crippen LogP contribution in [0.15, 0.2) is 60.7 Å². The van der Waals surface area contributed by atoms with Gasteiger partial charge in [-0.15, -0.1) is 0 Å². The fourth-order valence-corrected chi connectivity index (χ4v) is 6.08. The van der Waals surface area contributed by atoms with Crippen molar-refractivity contribution < 1.29 is 4.79 Å². The molecule has 0 atom stereocenters. The number of nitrogens with zero attached hydrogens (tertiary/aromatic N) is 4. The lowest BCUT2D eigenvalue weighted by atomic mass is 9.87. The molecule has 2 aliphatic rings. The third-order valence-electron chi connectivity index (χ3n) is 8.14. The van der Waals surface area contributed by atoms with Crippen molar-refractivity contribution in [2.45, 2.75) is 33.1 Å². The SMILES string of the molecule is Cc1cc(C)c(C(=O)N2CCN(c3ccccc3C#N)CC2)cc1CC1CCN(c2cccc(Cl)c2)CC1. The Labute approximate surface area is 231 Å².